The van der Waals surface area contributed by atoms with Crippen molar-refractivity contribution >= 4 is 21.7 Å². The zero-order valence-corrected chi connectivity index (χ0v) is 11.8. The van der Waals surface area contributed by atoms with E-state index in [2.05, 4.69) is 15.9 Å². The van der Waals surface area contributed by atoms with Crippen LogP contribution in [0.15, 0.2) is 45.8 Å². The summed E-state index contributed by atoms with van der Waals surface area (Å²) in [5.41, 5.74) is 0.260. The lowest BCUT2D eigenvalue weighted by Gasteiger charge is -2.07. The van der Waals surface area contributed by atoms with Crippen molar-refractivity contribution in [2.24, 2.45) is 0 Å². The third kappa shape index (κ3) is 2.98. The van der Waals surface area contributed by atoms with Gasteiger partial charge >= 0.3 is 0 Å². The van der Waals surface area contributed by atoms with Gasteiger partial charge in [0.15, 0.2) is 5.78 Å². The van der Waals surface area contributed by atoms with Crippen LogP contribution in [0.1, 0.15) is 15.9 Å². The first-order valence-electron chi connectivity index (χ1n) is 5.63. The molecule has 1 aromatic carbocycles. The van der Waals surface area contributed by atoms with Crippen molar-refractivity contribution in [1.82, 2.24) is 4.57 Å². The molecule has 0 unspecified atom stereocenters. The maximum atomic E-state index is 13.5. The Morgan fingerprint density at radius 3 is 2.74 bits per heavy atom. The molecule has 19 heavy (non-hydrogen) atoms. The molecule has 0 atom stereocenters. The van der Waals surface area contributed by atoms with Gasteiger partial charge in [-0.05, 0) is 41.1 Å². The number of carbonyl (C=O) groups excluding carboxylic acids is 1. The highest BCUT2D eigenvalue weighted by Crippen LogP contribution is 2.11. The van der Waals surface area contributed by atoms with Crippen LogP contribution in [0, 0.1) is 12.7 Å². The van der Waals surface area contributed by atoms with E-state index in [1.807, 2.05) is 0 Å². The third-order valence-corrected chi connectivity index (χ3v) is 3.15. The number of Topliss-reactive ketones (excluding diaryl/α,β-unsaturated/α-hetero) is 1. The van der Waals surface area contributed by atoms with Gasteiger partial charge in [0.25, 0.3) is 5.56 Å². The Morgan fingerprint density at radius 1 is 1.37 bits per heavy atom. The average molecular weight is 324 g/mol. The Hall–Kier alpha value is -1.75. The zero-order valence-electron chi connectivity index (χ0n) is 10.2. The van der Waals surface area contributed by atoms with Crippen LogP contribution < -0.4 is 5.56 Å². The summed E-state index contributed by atoms with van der Waals surface area (Å²) in [4.78, 5) is 23.9. The molecule has 0 saturated carbocycles. The standard InChI is InChI=1S/C14H11BrFNO2/c1-9-6-10(15)7-17(14(9)19)8-13(18)11-4-2-3-5-12(11)16/h2-7H,8H2,1H3. The molecule has 0 aliphatic rings. The van der Waals surface area contributed by atoms with Gasteiger partial charge in [-0.2, -0.15) is 0 Å². The SMILES string of the molecule is Cc1cc(Br)cn(CC(=O)c2ccccc2F)c1=O. The van der Waals surface area contributed by atoms with Crippen LogP contribution >= 0.6 is 15.9 Å². The third-order valence-electron chi connectivity index (χ3n) is 2.72. The second kappa shape index (κ2) is 5.48. The lowest BCUT2D eigenvalue weighted by atomic mass is 10.1. The molecule has 0 saturated heterocycles. The second-order valence-electron chi connectivity index (χ2n) is 4.18. The van der Waals surface area contributed by atoms with Gasteiger partial charge in [0.2, 0.25) is 0 Å². The van der Waals surface area contributed by atoms with Crippen molar-refractivity contribution in [3.8, 4) is 0 Å². The Labute approximate surface area is 117 Å². The van der Waals surface area contributed by atoms with Crippen molar-refractivity contribution < 1.29 is 9.18 Å². The van der Waals surface area contributed by atoms with E-state index in [0.29, 0.717) is 10.0 Å². The summed E-state index contributed by atoms with van der Waals surface area (Å²) >= 11 is 3.26. The number of pyridine rings is 1. The number of halogens is 2. The maximum absolute atomic E-state index is 13.5. The number of aromatic nitrogens is 1. The Kier molecular flexibility index (Phi) is 3.95. The molecule has 2 aromatic rings. The lowest BCUT2D eigenvalue weighted by molar-refractivity contribution is 0.0967. The number of ketones is 1. The highest BCUT2D eigenvalue weighted by atomic mass is 79.9. The first-order chi connectivity index (χ1) is 8.99. The number of hydrogen-bond acceptors (Lipinski definition) is 2. The zero-order chi connectivity index (χ0) is 14.0. The van der Waals surface area contributed by atoms with Gasteiger partial charge in [-0.3, -0.25) is 9.59 Å². The minimum atomic E-state index is -0.577. The Balaban J connectivity index is 2.35. The highest BCUT2D eigenvalue weighted by molar-refractivity contribution is 9.10. The molecule has 0 aliphatic carbocycles. The molecule has 5 heteroatoms. The van der Waals surface area contributed by atoms with E-state index in [-0.39, 0.29) is 17.7 Å². The minimum absolute atomic E-state index is 0.00738. The normalized spacial score (nSPS) is 10.5. The number of hydrogen-bond donors (Lipinski definition) is 0. The van der Waals surface area contributed by atoms with Crippen LogP contribution in [-0.4, -0.2) is 10.4 Å². The van der Waals surface area contributed by atoms with Crippen LogP contribution in [0.2, 0.25) is 0 Å². The molecule has 2 rings (SSSR count). The molecule has 98 valence electrons. The predicted octanol–water partition coefficient (Wildman–Crippen LogP) is 2.94. The van der Waals surface area contributed by atoms with Crippen molar-refractivity contribution in [3.63, 3.8) is 0 Å². The number of aryl methyl sites for hydroxylation is 1. The fraction of sp³-hybridized carbons (Fsp3) is 0.143. The molecule has 0 aliphatic heterocycles. The fourth-order valence-electron chi connectivity index (χ4n) is 1.78. The van der Waals surface area contributed by atoms with Crippen LogP contribution in [0.4, 0.5) is 4.39 Å². The summed E-state index contributed by atoms with van der Waals surface area (Å²) in [7, 11) is 0. The number of nitrogens with zero attached hydrogens (tertiary/aromatic N) is 1. The summed E-state index contributed by atoms with van der Waals surface area (Å²) in [5.74, 6) is -1.01. The summed E-state index contributed by atoms with van der Waals surface area (Å²) < 4.78 is 15.5. The maximum Gasteiger partial charge on any atom is 0.253 e. The van der Waals surface area contributed by atoms with Gasteiger partial charge in [0.1, 0.15) is 5.82 Å². The van der Waals surface area contributed by atoms with Gasteiger partial charge < -0.3 is 4.57 Å². The lowest BCUT2D eigenvalue weighted by Crippen LogP contribution is -2.25. The summed E-state index contributed by atoms with van der Waals surface area (Å²) in [6.45, 7) is 1.48. The number of benzene rings is 1. The van der Waals surface area contributed by atoms with Crippen molar-refractivity contribution in [3.05, 3.63) is 68.3 Å². The van der Waals surface area contributed by atoms with Crippen LogP contribution in [-0.2, 0) is 6.54 Å². The van der Waals surface area contributed by atoms with Crippen LogP contribution in [0.25, 0.3) is 0 Å². The van der Waals surface area contributed by atoms with E-state index >= 15 is 0 Å². The van der Waals surface area contributed by atoms with Crippen molar-refractivity contribution in [2.75, 3.05) is 0 Å². The van der Waals surface area contributed by atoms with Gasteiger partial charge in [0, 0.05) is 16.2 Å². The molecule has 0 N–H and O–H groups in total. The van der Waals surface area contributed by atoms with E-state index in [0.717, 1.165) is 0 Å². The highest BCUT2D eigenvalue weighted by Gasteiger charge is 2.13. The second-order valence-corrected chi connectivity index (χ2v) is 5.09. The monoisotopic (exact) mass is 323 g/mol. The Bertz CT molecular complexity index is 694. The van der Waals surface area contributed by atoms with Gasteiger partial charge in [0.05, 0.1) is 12.1 Å². The molecule has 0 bridgehead atoms. The minimum Gasteiger partial charge on any atom is -0.306 e. The molecule has 0 amide bonds. The molecule has 1 aromatic heterocycles. The van der Waals surface area contributed by atoms with Crippen molar-refractivity contribution in [2.45, 2.75) is 13.5 Å². The van der Waals surface area contributed by atoms with Crippen molar-refractivity contribution in [1.29, 1.82) is 0 Å². The Morgan fingerprint density at radius 2 is 2.05 bits per heavy atom. The molecule has 0 radical (unpaired) electrons. The topological polar surface area (TPSA) is 39.1 Å². The van der Waals surface area contributed by atoms with E-state index < -0.39 is 11.6 Å². The molecular weight excluding hydrogens is 313 g/mol. The quantitative estimate of drug-likeness (QED) is 0.815. The predicted molar refractivity (Wildman–Crippen MR) is 73.9 cm³/mol. The largest absolute Gasteiger partial charge is 0.306 e. The fourth-order valence-corrected chi connectivity index (χ4v) is 2.38. The van der Waals surface area contributed by atoms with Gasteiger partial charge in [-0.25, -0.2) is 4.39 Å². The van der Waals surface area contributed by atoms with E-state index in [4.69, 9.17) is 0 Å². The first-order valence-corrected chi connectivity index (χ1v) is 6.42. The molecule has 0 fully saturated rings. The van der Waals surface area contributed by atoms with Gasteiger partial charge in [-0.1, -0.05) is 12.1 Å². The van der Waals surface area contributed by atoms with Crippen LogP contribution in [0.3, 0.4) is 0 Å². The smallest absolute Gasteiger partial charge is 0.253 e. The number of carbonyl (C=O) groups is 1. The average Bonchev–Trinajstić information content (AvgIpc) is 2.35. The number of rotatable bonds is 3. The summed E-state index contributed by atoms with van der Waals surface area (Å²) in [6, 6.07) is 7.41. The van der Waals surface area contributed by atoms with E-state index in [1.54, 1.807) is 19.1 Å². The summed E-state index contributed by atoms with van der Waals surface area (Å²) in [5, 5.41) is 0. The summed E-state index contributed by atoms with van der Waals surface area (Å²) in [6.07, 6.45) is 1.52. The van der Waals surface area contributed by atoms with E-state index in [9.17, 15) is 14.0 Å². The van der Waals surface area contributed by atoms with Crippen LogP contribution in [0.5, 0.6) is 0 Å². The van der Waals surface area contributed by atoms with Gasteiger partial charge in [-0.15, -0.1) is 0 Å². The first kappa shape index (κ1) is 13.7. The molecular formula is C14H11BrFNO2. The molecule has 3 nitrogen and oxygen atoms in total. The van der Waals surface area contributed by atoms with E-state index in [1.165, 1.54) is 29.0 Å². The molecule has 1 heterocycles. The molecule has 0 spiro atoms.